The van der Waals surface area contributed by atoms with Crippen LogP contribution in [0.15, 0.2) is 45.3 Å². The summed E-state index contributed by atoms with van der Waals surface area (Å²) < 4.78 is 12.5. The minimum Gasteiger partial charge on any atom is -0.484 e. The predicted molar refractivity (Wildman–Crippen MR) is 92.2 cm³/mol. The van der Waals surface area contributed by atoms with Crippen molar-refractivity contribution >= 4 is 49.2 Å². The fraction of sp³-hybridized carbons (Fsp3) is 0.125. The standard InChI is InChI=1S/C16H11Br2NO4/c17-10-2-4-14(11(18)6-10)22-7-13(20)9-1-3-15-12(5-9)19-16(21)8-23-15/h1-6H,7-8H2,(H,19,21). The first kappa shape index (κ1) is 16.0. The zero-order chi connectivity index (χ0) is 16.4. The first-order valence-electron chi connectivity index (χ1n) is 6.70. The largest absolute Gasteiger partial charge is 0.484 e. The third kappa shape index (κ3) is 3.73. The molecule has 1 heterocycles. The number of rotatable bonds is 4. The lowest BCUT2D eigenvalue weighted by Gasteiger charge is -2.18. The Morgan fingerprint density at radius 3 is 2.83 bits per heavy atom. The monoisotopic (exact) mass is 439 g/mol. The molecule has 0 atom stereocenters. The van der Waals surface area contributed by atoms with E-state index < -0.39 is 0 Å². The average Bonchev–Trinajstić information content (AvgIpc) is 2.53. The number of carbonyl (C=O) groups is 2. The van der Waals surface area contributed by atoms with E-state index >= 15 is 0 Å². The van der Waals surface area contributed by atoms with Crippen molar-refractivity contribution in [1.29, 1.82) is 0 Å². The SMILES string of the molecule is O=C1COc2ccc(C(=O)COc3ccc(Br)cc3Br)cc2N1. The second-order valence-corrected chi connectivity index (χ2v) is 6.60. The molecule has 2 aromatic rings. The molecule has 3 rings (SSSR count). The van der Waals surface area contributed by atoms with Crippen LogP contribution in [0.3, 0.4) is 0 Å². The fourth-order valence-electron chi connectivity index (χ4n) is 2.08. The lowest BCUT2D eigenvalue weighted by Crippen LogP contribution is -2.25. The van der Waals surface area contributed by atoms with Crippen LogP contribution in [-0.4, -0.2) is 24.9 Å². The molecule has 1 amide bonds. The number of Topliss-reactive ketones (excluding diaryl/α,β-unsaturated/α-hetero) is 1. The van der Waals surface area contributed by atoms with Gasteiger partial charge in [-0.15, -0.1) is 0 Å². The number of hydrogen-bond acceptors (Lipinski definition) is 4. The van der Waals surface area contributed by atoms with Crippen LogP contribution >= 0.6 is 31.9 Å². The molecular weight excluding hydrogens is 430 g/mol. The second-order valence-electron chi connectivity index (χ2n) is 4.83. The number of ketones is 1. The van der Waals surface area contributed by atoms with Crippen LogP contribution in [0.2, 0.25) is 0 Å². The Morgan fingerprint density at radius 1 is 1.22 bits per heavy atom. The number of benzene rings is 2. The highest BCUT2D eigenvalue weighted by molar-refractivity contribution is 9.11. The van der Waals surface area contributed by atoms with Crippen LogP contribution in [0.25, 0.3) is 0 Å². The molecule has 7 heteroatoms. The van der Waals surface area contributed by atoms with Gasteiger partial charge in [0.25, 0.3) is 5.91 Å². The Balaban J connectivity index is 1.71. The van der Waals surface area contributed by atoms with Gasteiger partial charge in [0.1, 0.15) is 11.5 Å². The molecule has 1 N–H and O–H groups in total. The van der Waals surface area contributed by atoms with Crippen molar-refractivity contribution < 1.29 is 19.1 Å². The lowest BCUT2D eigenvalue weighted by molar-refractivity contribution is -0.118. The maximum absolute atomic E-state index is 12.3. The summed E-state index contributed by atoms with van der Waals surface area (Å²) in [7, 11) is 0. The Hall–Kier alpha value is -1.86. The molecular formula is C16H11Br2NO4. The van der Waals surface area contributed by atoms with Gasteiger partial charge in [-0.05, 0) is 52.3 Å². The summed E-state index contributed by atoms with van der Waals surface area (Å²) in [5.41, 5.74) is 0.944. The highest BCUT2D eigenvalue weighted by atomic mass is 79.9. The van der Waals surface area contributed by atoms with Gasteiger partial charge in [0.2, 0.25) is 0 Å². The second kappa shape index (κ2) is 6.72. The molecule has 0 saturated heterocycles. The van der Waals surface area contributed by atoms with Crippen molar-refractivity contribution in [3.05, 3.63) is 50.9 Å². The van der Waals surface area contributed by atoms with Crippen LogP contribution in [0.5, 0.6) is 11.5 Å². The average molecular weight is 441 g/mol. The molecule has 0 bridgehead atoms. The highest BCUT2D eigenvalue weighted by Gasteiger charge is 2.18. The maximum Gasteiger partial charge on any atom is 0.262 e. The van der Waals surface area contributed by atoms with Gasteiger partial charge in [-0.2, -0.15) is 0 Å². The van der Waals surface area contributed by atoms with Crippen LogP contribution < -0.4 is 14.8 Å². The highest BCUT2D eigenvalue weighted by Crippen LogP contribution is 2.30. The summed E-state index contributed by atoms with van der Waals surface area (Å²) >= 11 is 6.73. The van der Waals surface area contributed by atoms with E-state index in [4.69, 9.17) is 9.47 Å². The molecule has 0 aliphatic carbocycles. The van der Waals surface area contributed by atoms with E-state index in [1.54, 1.807) is 24.3 Å². The van der Waals surface area contributed by atoms with Gasteiger partial charge < -0.3 is 14.8 Å². The number of fused-ring (bicyclic) bond motifs is 1. The minimum absolute atomic E-state index is 0.0129. The van der Waals surface area contributed by atoms with Crippen molar-refractivity contribution in [3.8, 4) is 11.5 Å². The first-order valence-corrected chi connectivity index (χ1v) is 8.29. The minimum atomic E-state index is -0.239. The van der Waals surface area contributed by atoms with Gasteiger partial charge in [-0.3, -0.25) is 9.59 Å². The molecule has 0 unspecified atom stereocenters. The van der Waals surface area contributed by atoms with Gasteiger partial charge in [-0.25, -0.2) is 0 Å². The Bertz CT molecular complexity index is 792. The van der Waals surface area contributed by atoms with Crippen molar-refractivity contribution in [3.63, 3.8) is 0 Å². The topological polar surface area (TPSA) is 64.6 Å². The zero-order valence-electron chi connectivity index (χ0n) is 11.8. The van der Waals surface area contributed by atoms with Crippen LogP contribution in [0.1, 0.15) is 10.4 Å². The molecule has 1 aliphatic heterocycles. The van der Waals surface area contributed by atoms with E-state index in [-0.39, 0.29) is 24.9 Å². The van der Waals surface area contributed by atoms with Crippen molar-refractivity contribution in [2.75, 3.05) is 18.5 Å². The normalized spacial score (nSPS) is 12.9. The van der Waals surface area contributed by atoms with Gasteiger partial charge in [0, 0.05) is 10.0 Å². The molecule has 0 spiro atoms. The summed E-state index contributed by atoms with van der Waals surface area (Å²) in [5.74, 6) is 0.702. The summed E-state index contributed by atoms with van der Waals surface area (Å²) in [6, 6.07) is 10.3. The van der Waals surface area contributed by atoms with E-state index in [1.807, 2.05) is 12.1 Å². The smallest absolute Gasteiger partial charge is 0.262 e. The predicted octanol–water partition coefficient (Wildman–Crippen LogP) is 3.80. The van der Waals surface area contributed by atoms with E-state index in [2.05, 4.69) is 37.2 Å². The summed E-state index contributed by atoms with van der Waals surface area (Å²) in [6.45, 7) is -0.116. The number of nitrogens with one attached hydrogen (secondary N) is 1. The Morgan fingerprint density at radius 2 is 2.04 bits per heavy atom. The number of carbonyl (C=O) groups excluding carboxylic acids is 2. The zero-order valence-corrected chi connectivity index (χ0v) is 14.9. The van der Waals surface area contributed by atoms with Crippen molar-refractivity contribution in [2.45, 2.75) is 0 Å². The van der Waals surface area contributed by atoms with Crippen molar-refractivity contribution in [2.24, 2.45) is 0 Å². The Kier molecular flexibility index (Phi) is 4.68. The number of amides is 1. The van der Waals surface area contributed by atoms with Gasteiger partial charge in [0.15, 0.2) is 19.0 Å². The molecule has 0 aromatic heterocycles. The van der Waals surface area contributed by atoms with E-state index in [9.17, 15) is 9.59 Å². The van der Waals surface area contributed by atoms with Gasteiger partial charge in [0.05, 0.1) is 10.2 Å². The van der Waals surface area contributed by atoms with E-state index in [0.717, 1.165) is 8.95 Å². The van der Waals surface area contributed by atoms with Crippen molar-refractivity contribution in [1.82, 2.24) is 0 Å². The first-order chi connectivity index (χ1) is 11.0. The quantitative estimate of drug-likeness (QED) is 0.734. The summed E-state index contributed by atoms with van der Waals surface area (Å²) in [4.78, 5) is 23.6. The number of anilines is 1. The van der Waals surface area contributed by atoms with Gasteiger partial charge >= 0.3 is 0 Å². The molecule has 118 valence electrons. The third-order valence-corrected chi connectivity index (χ3v) is 4.30. The molecule has 0 radical (unpaired) electrons. The number of hydrogen-bond donors (Lipinski definition) is 1. The molecule has 0 saturated carbocycles. The van der Waals surface area contributed by atoms with E-state index in [1.165, 1.54) is 0 Å². The molecule has 5 nitrogen and oxygen atoms in total. The molecule has 1 aliphatic rings. The molecule has 2 aromatic carbocycles. The van der Waals surface area contributed by atoms with Crippen LogP contribution in [0, 0.1) is 0 Å². The Labute approximate surface area is 149 Å². The molecule has 0 fully saturated rings. The molecule has 23 heavy (non-hydrogen) atoms. The maximum atomic E-state index is 12.3. The number of ether oxygens (including phenoxy) is 2. The van der Waals surface area contributed by atoms with Gasteiger partial charge in [-0.1, -0.05) is 15.9 Å². The number of halogens is 2. The fourth-order valence-corrected chi connectivity index (χ4v) is 3.24. The summed E-state index contributed by atoms with van der Waals surface area (Å²) in [5, 5.41) is 2.67. The van der Waals surface area contributed by atoms with Crippen LogP contribution in [0.4, 0.5) is 5.69 Å². The van der Waals surface area contributed by atoms with E-state index in [0.29, 0.717) is 22.7 Å². The third-order valence-electron chi connectivity index (χ3n) is 3.19. The lowest BCUT2D eigenvalue weighted by atomic mass is 10.1. The summed E-state index contributed by atoms with van der Waals surface area (Å²) in [6.07, 6.45) is 0. The van der Waals surface area contributed by atoms with Crippen LogP contribution in [-0.2, 0) is 4.79 Å².